The number of nitrogens with zero attached hydrogens (tertiary/aromatic N) is 3. The molecule has 0 spiro atoms. The van der Waals surface area contributed by atoms with Gasteiger partial charge in [-0.25, -0.2) is 0 Å². The van der Waals surface area contributed by atoms with E-state index >= 15 is 0 Å². The SMILES string of the molecule is O=C(NC1CC1)[C@H]1Cc2cc([N+](=O)[O-])ccc2N2CCN(CCOc3ccccc3)C[C@@H]12. The van der Waals surface area contributed by atoms with Crippen LogP contribution in [0.2, 0.25) is 0 Å². The maximum atomic E-state index is 13.1. The van der Waals surface area contributed by atoms with E-state index in [1.165, 1.54) is 0 Å². The first-order valence-corrected chi connectivity index (χ1v) is 11.3. The molecule has 8 heteroatoms. The average Bonchev–Trinajstić information content (AvgIpc) is 3.62. The van der Waals surface area contributed by atoms with E-state index in [0.29, 0.717) is 19.1 Å². The van der Waals surface area contributed by atoms with Crippen LogP contribution in [-0.4, -0.2) is 60.6 Å². The van der Waals surface area contributed by atoms with E-state index in [4.69, 9.17) is 4.74 Å². The summed E-state index contributed by atoms with van der Waals surface area (Å²) in [4.78, 5) is 28.7. The summed E-state index contributed by atoms with van der Waals surface area (Å²) in [6, 6.07) is 15.2. The fourth-order valence-corrected chi connectivity index (χ4v) is 4.83. The number of non-ortho nitro benzene ring substituents is 1. The van der Waals surface area contributed by atoms with Crippen LogP contribution in [-0.2, 0) is 11.2 Å². The van der Waals surface area contributed by atoms with Crippen molar-refractivity contribution in [3.05, 3.63) is 64.2 Å². The molecule has 3 aliphatic rings. The van der Waals surface area contributed by atoms with E-state index in [1.54, 1.807) is 12.1 Å². The summed E-state index contributed by atoms with van der Waals surface area (Å²) < 4.78 is 5.87. The van der Waals surface area contributed by atoms with Gasteiger partial charge in [-0.1, -0.05) is 18.2 Å². The number of nitrogens with one attached hydrogen (secondary N) is 1. The molecule has 2 heterocycles. The normalized spacial score (nSPS) is 22.6. The van der Waals surface area contributed by atoms with E-state index in [1.807, 2.05) is 36.4 Å². The summed E-state index contributed by atoms with van der Waals surface area (Å²) >= 11 is 0. The number of amides is 1. The summed E-state index contributed by atoms with van der Waals surface area (Å²) in [5.74, 6) is 0.714. The predicted molar refractivity (Wildman–Crippen MR) is 121 cm³/mol. The molecule has 1 saturated heterocycles. The van der Waals surface area contributed by atoms with Crippen molar-refractivity contribution in [2.75, 3.05) is 37.7 Å². The van der Waals surface area contributed by atoms with E-state index < -0.39 is 0 Å². The lowest BCUT2D eigenvalue weighted by Crippen LogP contribution is -2.61. The smallest absolute Gasteiger partial charge is 0.269 e. The number of benzene rings is 2. The maximum absolute atomic E-state index is 13.1. The van der Waals surface area contributed by atoms with Gasteiger partial charge in [0.2, 0.25) is 5.91 Å². The molecule has 1 saturated carbocycles. The van der Waals surface area contributed by atoms with Gasteiger partial charge in [0.15, 0.2) is 0 Å². The first-order valence-electron chi connectivity index (χ1n) is 11.3. The minimum Gasteiger partial charge on any atom is -0.492 e. The standard InChI is InChI=1S/C24H28N4O4/c29-24(25-18-6-7-18)21-15-17-14-19(28(30)31)8-9-22(17)27-11-10-26(16-23(21)27)12-13-32-20-4-2-1-3-5-20/h1-5,8-9,14,18,21,23H,6-7,10-13,15-16H2,(H,25,29)/t21-,23-/m0/s1. The third kappa shape index (κ3) is 4.41. The van der Waals surface area contributed by atoms with Gasteiger partial charge in [0.1, 0.15) is 12.4 Å². The molecule has 2 fully saturated rings. The molecule has 1 N–H and O–H groups in total. The molecule has 0 radical (unpaired) electrons. The van der Waals surface area contributed by atoms with Crippen molar-refractivity contribution < 1.29 is 14.5 Å². The Morgan fingerprint density at radius 1 is 1.16 bits per heavy atom. The Morgan fingerprint density at radius 3 is 2.72 bits per heavy atom. The fourth-order valence-electron chi connectivity index (χ4n) is 4.83. The highest BCUT2D eigenvalue weighted by atomic mass is 16.6. The highest BCUT2D eigenvalue weighted by Crippen LogP contribution is 2.38. The summed E-state index contributed by atoms with van der Waals surface area (Å²) in [6.45, 7) is 3.81. The molecule has 1 amide bonds. The van der Waals surface area contributed by atoms with Crippen molar-refractivity contribution in [1.82, 2.24) is 10.2 Å². The molecule has 2 aromatic rings. The van der Waals surface area contributed by atoms with Crippen molar-refractivity contribution in [3.8, 4) is 5.75 Å². The lowest BCUT2D eigenvalue weighted by molar-refractivity contribution is -0.384. The zero-order valence-electron chi connectivity index (χ0n) is 18.0. The highest BCUT2D eigenvalue weighted by molar-refractivity contribution is 5.82. The van der Waals surface area contributed by atoms with Gasteiger partial charge in [0.05, 0.1) is 16.9 Å². The van der Waals surface area contributed by atoms with Crippen LogP contribution in [0.4, 0.5) is 11.4 Å². The highest BCUT2D eigenvalue weighted by Gasteiger charge is 2.42. The monoisotopic (exact) mass is 436 g/mol. The van der Waals surface area contributed by atoms with Crippen LogP contribution in [0.1, 0.15) is 18.4 Å². The van der Waals surface area contributed by atoms with Gasteiger partial charge < -0.3 is 15.0 Å². The van der Waals surface area contributed by atoms with Crippen LogP contribution in [0.3, 0.4) is 0 Å². The molecule has 168 valence electrons. The quantitative estimate of drug-likeness (QED) is 0.530. The van der Waals surface area contributed by atoms with Gasteiger partial charge in [-0.05, 0) is 43.0 Å². The van der Waals surface area contributed by atoms with Crippen LogP contribution in [0.15, 0.2) is 48.5 Å². The summed E-state index contributed by atoms with van der Waals surface area (Å²) in [6.07, 6.45) is 2.61. The van der Waals surface area contributed by atoms with Crippen molar-refractivity contribution >= 4 is 17.3 Å². The van der Waals surface area contributed by atoms with Gasteiger partial charge in [0, 0.05) is 50.0 Å². The molecule has 2 aliphatic heterocycles. The minimum absolute atomic E-state index is 0.0492. The third-order valence-electron chi connectivity index (χ3n) is 6.67. The number of fused-ring (bicyclic) bond motifs is 3. The number of hydrogen-bond acceptors (Lipinski definition) is 6. The number of nitro benzene ring substituents is 1. The Kier molecular flexibility index (Phi) is 5.70. The summed E-state index contributed by atoms with van der Waals surface area (Å²) in [7, 11) is 0. The first kappa shape index (κ1) is 20.8. The lowest BCUT2D eigenvalue weighted by atomic mass is 9.83. The lowest BCUT2D eigenvalue weighted by Gasteiger charge is -2.49. The Hall–Kier alpha value is -3.13. The Labute approximate surface area is 187 Å². The second-order valence-corrected chi connectivity index (χ2v) is 8.89. The number of rotatable bonds is 7. The molecule has 2 aromatic carbocycles. The molecule has 8 nitrogen and oxygen atoms in total. The molecule has 1 aliphatic carbocycles. The number of ether oxygens (including phenoxy) is 1. The fraction of sp³-hybridized carbons (Fsp3) is 0.458. The number of carbonyl (C=O) groups excluding carboxylic acids is 1. The van der Waals surface area contributed by atoms with Crippen molar-refractivity contribution in [2.45, 2.75) is 31.3 Å². The number of nitro groups is 1. The number of para-hydroxylation sites is 1. The maximum Gasteiger partial charge on any atom is 0.269 e. The van der Waals surface area contributed by atoms with Crippen LogP contribution >= 0.6 is 0 Å². The second-order valence-electron chi connectivity index (χ2n) is 8.89. The molecule has 0 aromatic heterocycles. The zero-order valence-corrected chi connectivity index (χ0v) is 18.0. The second kappa shape index (κ2) is 8.78. The predicted octanol–water partition coefficient (Wildman–Crippen LogP) is 2.62. The average molecular weight is 437 g/mol. The molecular formula is C24H28N4O4. The largest absolute Gasteiger partial charge is 0.492 e. The Bertz CT molecular complexity index is 995. The topological polar surface area (TPSA) is 87.9 Å². The van der Waals surface area contributed by atoms with Crippen molar-refractivity contribution in [2.24, 2.45) is 5.92 Å². The van der Waals surface area contributed by atoms with E-state index in [9.17, 15) is 14.9 Å². The molecule has 0 bridgehead atoms. The van der Waals surface area contributed by atoms with E-state index in [0.717, 1.165) is 56.0 Å². The zero-order chi connectivity index (χ0) is 22.1. The van der Waals surface area contributed by atoms with Crippen molar-refractivity contribution in [1.29, 1.82) is 0 Å². The number of hydrogen-bond donors (Lipinski definition) is 1. The first-order chi connectivity index (χ1) is 15.6. The van der Waals surface area contributed by atoms with E-state index in [2.05, 4.69) is 15.1 Å². The molecule has 5 rings (SSSR count). The van der Waals surface area contributed by atoms with Gasteiger partial charge in [-0.2, -0.15) is 0 Å². The van der Waals surface area contributed by atoms with Crippen LogP contribution in [0.25, 0.3) is 0 Å². The van der Waals surface area contributed by atoms with Crippen LogP contribution in [0.5, 0.6) is 5.75 Å². The Morgan fingerprint density at radius 2 is 1.97 bits per heavy atom. The molecule has 32 heavy (non-hydrogen) atoms. The van der Waals surface area contributed by atoms with Crippen LogP contribution < -0.4 is 15.0 Å². The summed E-state index contributed by atoms with van der Waals surface area (Å²) in [5, 5.41) is 14.4. The number of carbonyl (C=O) groups is 1. The van der Waals surface area contributed by atoms with Crippen LogP contribution in [0, 0.1) is 16.0 Å². The third-order valence-corrected chi connectivity index (χ3v) is 6.67. The van der Waals surface area contributed by atoms with Gasteiger partial charge >= 0.3 is 0 Å². The molecule has 2 atom stereocenters. The number of piperazine rings is 1. The van der Waals surface area contributed by atoms with E-state index in [-0.39, 0.29) is 28.5 Å². The Balaban J connectivity index is 1.31. The van der Waals surface area contributed by atoms with Gasteiger partial charge in [-0.3, -0.25) is 19.8 Å². The van der Waals surface area contributed by atoms with Gasteiger partial charge in [-0.15, -0.1) is 0 Å². The van der Waals surface area contributed by atoms with Gasteiger partial charge in [0.25, 0.3) is 5.69 Å². The minimum atomic E-state index is -0.365. The molecular weight excluding hydrogens is 408 g/mol. The summed E-state index contributed by atoms with van der Waals surface area (Å²) in [5.41, 5.74) is 2.00. The molecule has 0 unspecified atom stereocenters. The number of anilines is 1. The van der Waals surface area contributed by atoms with Crippen molar-refractivity contribution in [3.63, 3.8) is 0 Å².